The average molecular weight is 379 g/mol. The van der Waals surface area contributed by atoms with Crippen LogP contribution in [-0.4, -0.2) is 9.91 Å². The molecule has 1 heterocycles. The number of pyridine rings is 1. The van der Waals surface area contributed by atoms with Crippen LogP contribution in [0.25, 0.3) is 0 Å². The van der Waals surface area contributed by atoms with Gasteiger partial charge in [0.1, 0.15) is 3.57 Å². The summed E-state index contributed by atoms with van der Waals surface area (Å²) >= 11 is 4.34. The molecule has 1 rings (SSSR count). The van der Waals surface area contributed by atoms with Crippen molar-refractivity contribution in [3.05, 3.63) is 29.9 Å². The molecule has 0 bridgehead atoms. The maximum Gasteiger partial charge on any atom is 0.378 e. The Balaban J connectivity index is 3.31. The summed E-state index contributed by atoms with van der Waals surface area (Å²) in [5, 5.41) is 10.4. The minimum atomic E-state index is -2.70. The van der Waals surface area contributed by atoms with Crippen LogP contribution in [0.5, 0.6) is 0 Å². The van der Waals surface area contributed by atoms with Gasteiger partial charge >= 0.3 is 5.82 Å². The molecule has 8 heteroatoms. The average Bonchev–Trinajstić information content (AvgIpc) is 2.07. The predicted octanol–water partition coefficient (Wildman–Crippen LogP) is 3.29. The summed E-state index contributed by atoms with van der Waals surface area (Å²) in [4.78, 5) is 13.1. The molecule has 0 saturated carbocycles. The van der Waals surface area contributed by atoms with Gasteiger partial charge in [-0.25, -0.2) is 8.78 Å². The Morgan fingerprint density at radius 2 is 2.21 bits per heavy atom. The molecule has 0 spiro atoms. The molecule has 14 heavy (non-hydrogen) atoms. The zero-order valence-electron chi connectivity index (χ0n) is 6.38. The first-order chi connectivity index (χ1) is 6.43. The van der Waals surface area contributed by atoms with E-state index in [1.165, 1.54) is 0 Å². The molecular weight excluding hydrogens is 377 g/mol. The lowest BCUT2D eigenvalue weighted by Crippen LogP contribution is -1.99. The quantitative estimate of drug-likeness (QED) is 0.343. The fourth-order valence-electron chi connectivity index (χ4n) is 0.753. The lowest BCUT2D eigenvalue weighted by Gasteiger charge is -2.01. The lowest BCUT2D eigenvalue weighted by atomic mass is 10.3. The molecule has 0 saturated heterocycles. The Kier molecular flexibility index (Phi) is 3.70. The van der Waals surface area contributed by atoms with Crippen molar-refractivity contribution in [3.8, 4) is 0 Å². The van der Waals surface area contributed by atoms with Gasteiger partial charge in [-0.05, 0) is 38.6 Å². The van der Waals surface area contributed by atoms with Crippen LogP contribution in [0.4, 0.5) is 14.6 Å². The second-order valence-electron chi connectivity index (χ2n) is 2.23. The highest BCUT2D eigenvalue weighted by Gasteiger charge is 2.23. The van der Waals surface area contributed by atoms with Crippen molar-refractivity contribution in [3.63, 3.8) is 0 Å². The number of hydrogen-bond acceptors (Lipinski definition) is 3. The fourth-order valence-corrected chi connectivity index (χ4v) is 1.86. The van der Waals surface area contributed by atoms with Crippen LogP contribution in [-0.2, 0) is 0 Å². The Morgan fingerprint density at radius 1 is 1.64 bits per heavy atom. The third-order valence-electron chi connectivity index (χ3n) is 1.35. The molecule has 0 unspecified atom stereocenters. The topological polar surface area (TPSA) is 56.0 Å². The van der Waals surface area contributed by atoms with Crippen LogP contribution in [0.3, 0.4) is 0 Å². The van der Waals surface area contributed by atoms with E-state index >= 15 is 0 Å². The van der Waals surface area contributed by atoms with Crippen molar-refractivity contribution >= 4 is 44.3 Å². The third-order valence-corrected chi connectivity index (χ3v) is 2.78. The number of rotatable bonds is 2. The van der Waals surface area contributed by atoms with E-state index in [9.17, 15) is 18.9 Å². The van der Waals surface area contributed by atoms with Gasteiger partial charge in [-0.1, -0.05) is 0 Å². The first kappa shape index (κ1) is 11.7. The number of hydrogen-bond donors (Lipinski definition) is 0. The highest BCUT2D eigenvalue weighted by molar-refractivity contribution is 14.1. The molecule has 0 atom stereocenters. The minimum absolute atomic E-state index is 0.0890. The van der Waals surface area contributed by atoms with E-state index in [0.29, 0.717) is 0 Å². The summed E-state index contributed by atoms with van der Waals surface area (Å²) in [6, 6.07) is 1.04. The van der Waals surface area contributed by atoms with Gasteiger partial charge in [-0.15, -0.1) is 0 Å². The first-order valence-corrected chi connectivity index (χ1v) is 5.09. The second kappa shape index (κ2) is 4.43. The van der Waals surface area contributed by atoms with Crippen molar-refractivity contribution in [2.75, 3.05) is 0 Å². The summed E-state index contributed by atoms with van der Waals surface area (Å²) < 4.78 is 24.5. The molecule has 1 aromatic heterocycles. The molecule has 0 aromatic carbocycles. The number of alkyl halides is 2. The molecule has 0 aliphatic heterocycles. The van der Waals surface area contributed by atoms with Crippen LogP contribution in [0.15, 0.2) is 10.7 Å². The molecule has 76 valence electrons. The van der Waals surface area contributed by atoms with E-state index < -0.39 is 17.2 Å². The lowest BCUT2D eigenvalue weighted by molar-refractivity contribution is -0.390. The SMILES string of the molecule is O=[N+]([O-])c1nc(Br)c(C(F)F)cc1I. The summed E-state index contributed by atoms with van der Waals surface area (Å²) in [6.07, 6.45) is -2.70. The monoisotopic (exact) mass is 378 g/mol. The van der Waals surface area contributed by atoms with Gasteiger partial charge in [-0.2, -0.15) is 0 Å². The highest BCUT2D eigenvalue weighted by atomic mass is 127. The van der Waals surface area contributed by atoms with Crippen LogP contribution in [0.2, 0.25) is 0 Å². The Morgan fingerprint density at radius 3 is 2.64 bits per heavy atom. The van der Waals surface area contributed by atoms with Crippen molar-refractivity contribution in [2.24, 2.45) is 0 Å². The summed E-state index contributed by atoms with van der Waals surface area (Å²) in [5.41, 5.74) is -0.347. The maximum absolute atomic E-state index is 12.3. The second-order valence-corrected chi connectivity index (χ2v) is 4.14. The maximum atomic E-state index is 12.3. The van der Waals surface area contributed by atoms with Gasteiger partial charge in [-0.3, -0.25) is 0 Å². The normalized spacial score (nSPS) is 10.6. The van der Waals surface area contributed by atoms with Crippen LogP contribution in [0, 0.1) is 13.7 Å². The smallest absolute Gasteiger partial charge is 0.358 e. The van der Waals surface area contributed by atoms with Crippen molar-refractivity contribution in [1.82, 2.24) is 4.98 Å². The molecule has 0 fully saturated rings. The van der Waals surface area contributed by atoms with Gasteiger partial charge in [0, 0.05) is 15.9 Å². The van der Waals surface area contributed by atoms with Crippen molar-refractivity contribution in [1.29, 1.82) is 0 Å². The van der Waals surface area contributed by atoms with Crippen LogP contribution < -0.4 is 0 Å². The molecule has 0 aliphatic carbocycles. The van der Waals surface area contributed by atoms with Crippen LogP contribution >= 0.6 is 38.5 Å². The molecule has 1 aromatic rings. The molecule has 0 radical (unpaired) electrons. The number of aromatic nitrogens is 1. The standard InChI is InChI=1S/C6H2BrF2IN2O2/c7-4-2(5(8)9)1-3(10)6(11-4)12(13)14/h1,5H. The van der Waals surface area contributed by atoms with Gasteiger partial charge in [0.25, 0.3) is 6.43 Å². The zero-order valence-corrected chi connectivity index (χ0v) is 10.1. The molecule has 0 amide bonds. The Bertz CT molecular complexity index is 388. The molecule has 0 aliphatic rings. The summed E-state index contributed by atoms with van der Waals surface area (Å²) in [6.45, 7) is 0. The van der Waals surface area contributed by atoms with Crippen molar-refractivity contribution < 1.29 is 13.7 Å². The van der Waals surface area contributed by atoms with Gasteiger partial charge in [0.15, 0.2) is 0 Å². The minimum Gasteiger partial charge on any atom is -0.358 e. The summed E-state index contributed by atoms with van der Waals surface area (Å²) in [7, 11) is 0. The molecule has 4 nitrogen and oxygen atoms in total. The van der Waals surface area contributed by atoms with E-state index in [-0.39, 0.29) is 13.7 Å². The predicted molar refractivity (Wildman–Crippen MR) is 56.3 cm³/mol. The zero-order chi connectivity index (χ0) is 10.9. The van der Waals surface area contributed by atoms with Gasteiger partial charge in [0.05, 0.1) is 5.56 Å². The third kappa shape index (κ3) is 2.35. The number of nitrogens with zero attached hydrogens (tertiary/aromatic N) is 2. The van der Waals surface area contributed by atoms with E-state index in [4.69, 9.17) is 0 Å². The Hall–Kier alpha value is -0.380. The van der Waals surface area contributed by atoms with Gasteiger partial charge in [0.2, 0.25) is 4.60 Å². The first-order valence-electron chi connectivity index (χ1n) is 3.22. The summed E-state index contributed by atoms with van der Waals surface area (Å²) in [5.74, 6) is -0.429. The molecule has 0 N–H and O–H groups in total. The Labute approximate surface area is 99.1 Å². The number of nitro groups is 1. The van der Waals surface area contributed by atoms with Crippen LogP contribution in [0.1, 0.15) is 12.0 Å². The van der Waals surface area contributed by atoms with Gasteiger partial charge < -0.3 is 10.1 Å². The fraction of sp³-hybridized carbons (Fsp3) is 0.167. The van der Waals surface area contributed by atoms with E-state index in [1.807, 2.05) is 0 Å². The molecular formula is C6H2BrF2IN2O2. The number of halogens is 4. The highest BCUT2D eigenvalue weighted by Crippen LogP contribution is 2.30. The largest absolute Gasteiger partial charge is 0.378 e. The van der Waals surface area contributed by atoms with E-state index in [2.05, 4.69) is 20.9 Å². The van der Waals surface area contributed by atoms with E-state index in [1.54, 1.807) is 22.6 Å². The van der Waals surface area contributed by atoms with Crippen molar-refractivity contribution in [2.45, 2.75) is 6.43 Å². The van der Waals surface area contributed by atoms with E-state index in [0.717, 1.165) is 6.07 Å².